The van der Waals surface area contributed by atoms with Gasteiger partial charge in [0.2, 0.25) is 5.91 Å². The summed E-state index contributed by atoms with van der Waals surface area (Å²) in [5, 5.41) is 2.88. The van der Waals surface area contributed by atoms with E-state index < -0.39 is 0 Å². The lowest BCUT2D eigenvalue weighted by Crippen LogP contribution is -2.26. The van der Waals surface area contributed by atoms with Crippen LogP contribution in [0.4, 0.5) is 0 Å². The number of nitrogens with one attached hydrogen (secondary N) is 1. The average molecular weight is 347 g/mol. The number of hydrogen-bond acceptors (Lipinski definition) is 3. The van der Waals surface area contributed by atoms with E-state index >= 15 is 0 Å². The summed E-state index contributed by atoms with van der Waals surface area (Å²) < 4.78 is 5.35. The molecule has 4 nitrogen and oxygen atoms in total. The van der Waals surface area contributed by atoms with E-state index in [4.69, 9.17) is 4.43 Å². The molecule has 3 radical (unpaired) electrons. The highest BCUT2D eigenvalue weighted by Crippen LogP contribution is 2.36. The molecule has 0 aliphatic heterocycles. The highest BCUT2D eigenvalue weighted by Gasteiger charge is 2.23. The molecule has 0 saturated carbocycles. The first-order valence-corrected chi connectivity index (χ1v) is 8.72. The molecule has 0 bridgehead atoms. The molecule has 1 amide bonds. The Bertz CT molecular complexity index is 618. The van der Waals surface area contributed by atoms with Crippen molar-refractivity contribution in [2.75, 3.05) is 6.54 Å². The number of amides is 1. The molecule has 1 aromatic rings. The second-order valence-electron chi connectivity index (χ2n) is 7.31. The van der Waals surface area contributed by atoms with Crippen LogP contribution in [0.5, 0.6) is 5.75 Å². The Labute approximate surface area is 148 Å². The lowest BCUT2D eigenvalue weighted by molar-refractivity contribution is -0.124. The van der Waals surface area contributed by atoms with E-state index in [0.29, 0.717) is 13.0 Å². The Kier molecular flexibility index (Phi) is 7.20. The van der Waals surface area contributed by atoms with Crippen molar-refractivity contribution in [3.05, 3.63) is 28.3 Å². The zero-order chi connectivity index (χ0) is 18.5. The van der Waals surface area contributed by atoms with Crippen molar-refractivity contribution in [2.45, 2.75) is 66.2 Å². The Balaban J connectivity index is 2.89. The predicted molar refractivity (Wildman–Crippen MR) is 97.6 cm³/mol. The minimum absolute atomic E-state index is 0.00835. The standard InChI is InChI=1S/C19H28NO3Si/c1-12(21)7-8-17(22)20-10-9-15-11-16(23-24)14(3)18(13(15)2)19(4,5)6/h11H,7-10H2,1-6H3,(H,20,22). The van der Waals surface area contributed by atoms with Gasteiger partial charge in [-0.15, -0.1) is 0 Å². The van der Waals surface area contributed by atoms with E-state index in [1.807, 2.05) is 6.07 Å². The molecule has 1 aromatic carbocycles. The Morgan fingerprint density at radius 2 is 1.79 bits per heavy atom. The van der Waals surface area contributed by atoms with Gasteiger partial charge in [0.25, 0.3) is 0 Å². The summed E-state index contributed by atoms with van der Waals surface area (Å²) in [5.74, 6) is 0.760. The van der Waals surface area contributed by atoms with Crippen LogP contribution in [-0.2, 0) is 21.4 Å². The molecule has 5 heteroatoms. The number of rotatable bonds is 7. The summed E-state index contributed by atoms with van der Waals surface area (Å²) in [7, 11) is 3.14. The molecular weight excluding hydrogens is 318 g/mol. The molecule has 0 heterocycles. The van der Waals surface area contributed by atoms with E-state index in [0.717, 1.165) is 23.3 Å². The summed E-state index contributed by atoms with van der Waals surface area (Å²) in [6.45, 7) is 12.8. The maximum atomic E-state index is 11.7. The van der Waals surface area contributed by atoms with Crippen molar-refractivity contribution in [3.63, 3.8) is 0 Å². The largest absolute Gasteiger partial charge is 0.540 e. The number of carbonyl (C=O) groups is 2. The van der Waals surface area contributed by atoms with Crippen molar-refractivity contribution >= 4 is 22.2 Å². The van der Waals surface area contributed by atoms with Gasteiger partial charge in [-0.2, -0.15) is 0 Å². The first-order valence-electron chi connectivity index (χ1n) is 8.31. The maximum absolute atomic E-state index is 11.7. The van der Waals surface area contributed by atoms with Gasteiger partial charge >= 0.3 is 10.5 Å². The third kappa shape index (κ3) is 5.48. The van der Waals surface area contributed by atoms with Crippen molar-refractivity contribution in [1.82, 2.24) is 5.32 Å². The van der Waals surface area contributed by atoms with Crippen molar-refractivity contribution < 1.29 is 14.0 Å². The Morgan fingerprint density at radius 3 is 2.29 bits per heavy atom. The molecule has 0 aromatic heterocycles. The fraction of sp³-hybridized carbons (Fsp3) is 0.579. The van der Waals surface area contributed by atoms with Crippen molar-refractivity contribution in [3.8, 4) is 5.75 Å². The SMILES string of the molecule is CC(=O)CCC(=O)NCCc1cc(O[Si])c(C)c(C(C)(C)C)c1C. The minimum atomic E-state index is -0.0809. The van der Waals surface area contributed by atoms with Gasteiger partial charge in [-0.3, -0.25) is 4.79 Å². The predicted octanol–water partition coefficient (Wildman–Crippen LogP) is 3.09. The van der Waals surface area contributed by atoms with Crippen LogP contribution in [0, 0.1) is 13.8 Å². The van der Waals surface area contributed by atoms with Gasteiger partial charge in [0.1, 0.15) is 11.5 Å². The monoisotopic (exact) mass is 346 g/mol. The maximum Gasteiger partial charge on any atom is 0.341 e. The molecule has 0 unspecified atom stereocenters. The van der Waals surface area contributed by atoms with Gasteiger partial charge in [0.15, 0.2) is 0 Å². The van der Waals surface area contributed by atoms with Gasteiger partial charge in [-0.1, -0.05) is 20.8 Å². The van der Waals surface area contributed by atoms with Gasteiger partial charge in [0.05, 0.1) is 0 Å². The highest BCUT2D eigenvalue weighted by molar-refractivity contribution is 6.00. The quantitative estimate of drug-likeness (QED) is 0.772. The van der Waals surface area contributed by atoms with Crippen LogP contribution in [0.15, 0.2) is 6.07 Å². The lowest BCUT2D eigenvalue weighted by atomic mass is 9.79. The molecule has 0 aliphatic rings. The smallest absolute Gasteiger partial charge is 0.341 e. The van der Waals surface area contributed by atoms with E-state index in [-0.39, 0.29) is 23.5 Å². The van der Waals surface area contributed by atoms with Gasteiger partial charge < -0.3 is 14.5 Å². The van der Waals surface area contributed by atoms with Crippen molar-refractivity contribution in [1.29, 1.82) is 0 Å². The highest BCUT2D eigenvalue weighted by atomic mass is 28.2. The Morgan fingerprint density at radius 1 is 1.17 bits per heavy atom. The van der Waals surface area contributed by atoms with Gasteiger partial charge in [-0.05, 0) is 60.9 Å². The topological polar surface area (TPSA) is 55.4 Å². The fourth-order valence-electron chi connectivity index (χ4n) is 3.14. The summed E-state index contributed by atoms with van der Waals surface area (Å²) >= 11 is 0. The first-order chi connectivity index (χ1) is 11.1. The number of carbonyl (C=O) groups excluding carboxylic acids is 2. The van der Waals surface area contributed by atoms with E-state index in [1.165, 1.54) is 18.1 Å². The number of hydrogen-bond donors (Lipinski definition) is 1. The van der Waals surface area contributed by atoms with Crippen LogP contribution in [0.2, 0.25) is 0 Å². The second-order valence-corrected chi connectivity index (χ2v) is 7.52. The summed E-state index contributed by atoms with van der Waals surface area (Å²) in [5.41, 5.74) is 4.81. The number of ketones is 1. The third-order valence-corrected chi connectivity index (χ3v) is 4.41. The van der Waals surface area contributed by atoms with Crippen LogP contribution in [0.1, 0.15) is 62.8 Å². The second kappa shape index (κ2) is 8.47. The molecule has 0 saturated heterocycles. The molecule has 131 valence electrons. The molecule has 24 heavy (non-hydrogen) atoms. The van der Waals surface area contributed by atoms with Crippen LogP contribution in [-0.4, -0.2) is 28.7 Å². The molecule has 1 N–H and O–H groups in total. The number of Topliss-reactive ketones (excluding diaryl/α,β-unsaturated/α-hetero) is 1. The molecular formula is C19H28NO3Si. The third-order valence-electron chi connectivity index (χ3n) is 4.19. The number of benzene rings is 1. The van der Waals surface area contributed by atoms with Crippen LogP contribution in [0.25, 0.3) is 0 Å². The van der Waals surface area contributed by atoms with Crippen LogP contribution in [0.3, 0.4) is 0 Å². The normalized spacial score (nSPS) is 11.3. The van der Waals surface area contributed by atoms with E-state index in [9.17, 15) is 9.59 Å². The first kappa shape index (κ1) is 20.4. The molecule has 0 fully saturated rings. The molecule has 0 aliphatic carbocycles. The lowest BCUT2D eigenvalue weighted by Gasteiger charge is -2.27. The summed E-state index contributed by atoms with van der Waals surface area (Å²) in [4.78, 5) is 22.7. The zero-order valence-corrected chi connectivity index (χ0v) is 16.6. The molecule has 0 atom stereocenters. The van der Waals surface area contributed by atoms with Gasteiger partial charge in [0, 0.05) is 19.4 Å². The van der Waals surface area contributed by atoms with Crippen molar-refractivity contribution in [2.24, 2.45) is 0 Å². The Hall–Kier alpha value is -1.62. The fourth-order valence-corrected chi connectivity index (χ4v) is 3.36. The van der Waals surface area contributed by atoms with Crippen LogP contribution < -0.4 is 9.74 Å². The van der Waals surface area contributed by atoms with E-state index in [1.54, 1.807) is 0 Å². The van der Waals surface area contributed by atoms with Gasteiger partial charge in [-0.25, -0.2) is 0 Å². The minimum Gasteiger partial charge on any atom is -0.540 e. The zero-order valence-electron chi connectivity index (χ0n) is 15.6. The average Bonchev–Trinajstić information content (AvgIpc) is 2.46. The van der Waals surface area contributed by atoms with E-state index in [2.05, 4.69) is 50.4 Å². The molecule has 1 rings (SSSR count). The summed E-state index contributed by atoms with van der Waals surface area (Å²) in [6, 6.07) is 2.02. The molecule has 0 spiro atoms. The summed E-state index contributed by atoms with van der Waals surface area (Å²) in [6.07, 6.45) is 1.28. The van der Waals surface area contributed by atoms with Crippen LogP contribution >= 0.6 is 0 Å².